The predicted molar refractivity (Wildman–Crippen MR) is 118 cm³/mol. The van der Waals surface area contributed by atoms with E-state index in [1.54, 1.807) is 24.3 Å². The standard InChI is InChI=1S/C23H31N3O3/c1-4-6-14-29-21-9-7-8-20(15-21)26-22(27)16-24-19-12-10-18(11-13-19)23(28)25-17(3)5-2/h7-13,15,17,24H,4-6,14,16H2,1-3H3,(H,25,28)(H,26,27). The van der Waals surface area contributed by atoms with Crippen LogP contribution >= 0.6 is 0 Å². The highest BCUT2D eigenvalue weighted by atomic mass is 16.5. The maximum absolute atomic E-state index is 12.2. The van der Waals surface area contributed by atoms with Crippen molar-refractivity contribution in [3.8, 4) is 5.75 Å². The summed E-state index contributed by atoms with van der Waals surface area (Å²) in [6.45, 7) is 6.90. The van der Waals surface area contributed by atoms with Crippen LogP contribution in [0.2, 0.25) is 0 Å². The van der Waals surface area contributed by atoms with Gasteiger partial charge >= 0.3 is 0 Å². The molecule has 0 aromatic heterocycles. The Hall–Kier alpha value is -3.02. The van der Waals surface area contributed by atoms with Gasteiger partial charge in [-0.1, -0.05) is 26.3 Å². The van der Waals surface area contributed by atoms with Crippen molar-refractivity contribution in [3.63, 3.8) is 0 Å². The molecule has 0 aliphatic carbocycles. The lowest BCUT2D eigenvalue weighted by Crippen LogP contribution is -2.31. The fourth-order valence-electron chi connectivity index (χ4n) is 2.53. The number of nitrogens with one attached hydrogen (secondary N) is 3. The average Bonchev–Trinajstić information content (AvgIpc) is 2.73. The highest BCUT2D eigenvalue weighted by molar-refractivity contribution is 5.95. The number of benzene rings is 2. The summed E-state index contributed by atoms with van der Waals surface area (Å²) < 4.78 is 5.66. The summed E-state index contributed by atoms with van der Waals surface area (Å²) in [7, 11) is 0. The molecule has 0 saturated carbocycles. The molecule has 0 spiro atoms. The van der Waals surface area contributed by atoms with Crippen LogP contribution < -0.4 is 20.7 Å². The van der Waals surface area contributed by atoms with Crippen LogP contribution in [0.25, 0.3) is 0 Å². The Labute approximate surface area is 173 Å². The third-order valence-electron chi connectivity index (χ3n) is 4.47. The van der Waals surface area contributed by atoms with Crippen molar-refractivity contribution in [2.45, 2.75) is 46.1 Å². The molecule has 2 rings (SSSR count). The van der Waals surface area contributed by atoms with E-state index in [1.165, 1.54) is 0 Å². The Kier molecular flexibility index (Phi) is 9.02. The Morgan fingerprint density at radius 3 is 2.48 bits per heavy atom. The fourth-order valence-corrected chi connectivity index (χ4v) is 2.53. The first-order valence-corrected chi connectivity index (χ1v) is 10.2. The highest BCUT2D eigenvalue weighted by Gasteiger charge is 2.09. The molecule has 2 aromatic carbocycles. The lowest BCUT2D eigenvalue weighted by Gasteiger charge is -2.12. The van der Waals surface area contributed by atoms with Crippen LogP contribution in [0, 0.1) is 0 Å². The van der Waals surface area contributed by atoms with E-state index in [4.69, 9.17) is 4.74 Å². The molecular formula is C23H31N3O3. The van der Waals surface area contributed by atoms with Crippen LogP contribution in [0.5, 0.6) is 5.75 Å². The Morgan fingerprint density at radius 2 is 1.79 bits per heavy atom. The Balaban J connectivity index is 1.82. The summed E-state index contributed by atoms with van der Waals surface area (Å²) in [4.78, 5) is 24.3. The van der Waals surface area contributed by atoms with Crippen molar-refractivity contribution < 1.29 is 14.3 Å². The minimum atomic E-state index is -0.158. The van der Waals surface area contributed by atoms with Crippen LogP contribution in [0.1, 0.15) is 50.4 Å². The minimum absolute atomic E-state index is 0.0929. The zero-order chi connectivity index (χ0) is 21.1. The number of carbonyl (C=O) groups excluding carboxylic acids is 2. The van der Waals surface area contributed by atoms with Crippen molar-refractivity contribution in [3.05, 3.63) is 54.1 Å². The molecule has 0 saturated heterocycles. The summed E-state index contributed by atoms with van der Waals surface area (Å²) in [6.07, 6.45) is 2.96. The van der Waals surface area contributed by atoms with Gasteiger partial charge in [-0.25, -0.2) is 0 Å². The van der Waals surface area contributed by atoms with Gasteiger partial charge in [-0.3, -0.25) is 9.59 Å². The number of anilines is 2. The normalized spacial score (nSPS) is 11.4. The number of rotatable bonds is 11. The summed E-state index contributed by atoms with van der Waals surface area (Å²) in [5, 5.41) is 8.85. The second-order valence-electron chi connectivity index (χ2n) is 6.99. The molecular weight excluding hydrogens is 366 g/mol. The molecule has 6 nitrogen and oxygen atoms in total. The van der Waals surface area contributed by atoms with E-state index in [0.717, 1.165) is 30.7 Å². The first kappa shape index (κ1) is 22.3. The van der Waals surface area contributed by atoms with E-state index in [1.807, 2.05) is 38.1 Å². The molecule has 1 unspecified atom stereocenters. The van der Waals surface area contributed by atoms with Gasteiger partial charge in [0.15, 0.2) is 0 Å². The fraction of sp³-hybridized carbons (Fsp3) is 0.391. The van der Waals surface area contributed by atoms with E-state index >= 15 is 0 Å². The van der Waals surface area contributed by atoms with Gasteiger partial charge in [-0.05, 0) is 56.2 Å². The minimum Gasteiger partial charge on any atom is -0.494 e. The number of carbonyl (C=O) groups is 2. The van der Waals surface area contributed by atoms with Crippen molar-refractivity contribution in [1.82, 2.24) is 5.32 Å². The molecule has 0 radical (unpaired) electrons. The molecule has 3 N–H and O–H groups in total. The van der Waals surface area contributed by atoms with Crippen LogP contribution in [0.15, 0.2) is 48.5 Å². The van der Waals surface area contributed by atoms with Gasteiger partial charge in [0.1, 0.15) is 5.75 Å². The number of unbranched alkanes of at least 4 members (excludes halogenated alkanes) is 1. The van der Waals surface area contributed by atoms with Gasteiger partial charge in [0, 0.05) is 29.0 Å². The van der Waals surface area contributed by atoms with Gasteiger partial charge in [0.2, 0.25) is 5.91 Å². The molecule has 29 heavy (non-hydrogen) atoms. The van der Waals surface area contributed by atoms with Crippen LogP contribution in [-0.4, -0.2) is 31.0 Å². The first-order valence-electron chi connectivity index (χ1n) is 10.2. The van der Waals surface area contributed by atoms with Crippen molar-refractivity contribution in [2.24, 2.45) is 0 Å². The monoisotopic (exact) mass is 397 g/mol. The van der Waals surface area contributed by atoms with Gasteiger partial charge in [-0.2, -0.15) is 0 Å². The van der Waals surface area contributed by atoms with Crippen molar-refractivity contribution in [1.29, 1.82) is 0 Å². The molecule has 0 fully saturated rings. The van der Waals surface area contributed by atoms with E-state index in [-0.39, 0.29) is 24.4 Å². The quantitative estimate of drug-likeness (QED) is 0.490. The molecule has 1 atom stereocenters. The third-order valence-corrected chi connectivity index (χ3v) is 4.47. The maximum Gasteiger partial charge on any atom is 0.251 e. The maximum atomic E-state index is 12.2. The molecule has 6 heteroatoms. The zero-order valence-corrected chi connectivity index (χ0v) is 17.5. The van der Waals surface area contributed by atoms with E-state index in [0.29, 0.717) is 17.9 Å². The first-order chi connectivity index (χ1) is 14.0. The summed E-state index contributed by atoms with van der Waals surface area (Å²) >= 11 is 0. The lowest BCUT2D eigenvalue weighted by molar-refractivity contribution is -0.114. The van der Waals surface area contributed by atoms with E-state index in [9.17, 15) is 9.59 Å². The van der Waals surface area contributed by atoms with Gasteiger partial charge in [-0.15, -0.1) is 0 Å². The van der Waals surface area contributed by atoms with Gasteiger partial charge in [0.25, 0.3) is 5.91 Å². The van der Waals surface area contributed by atoms with Crippen molar-refractivity contribution >= 4 is 23.2 Å². The summed E-state index contributed by atoms with van der Waals surface area (Å²) in [5.74, 6) is 0.495. The molecule has 156 valence electrons. The van der Waals surface area contributed by atoms with Crippen LogP contribution in [-0.2, 0) is 4.79 Å². The lowest BCUT2D eigenvalue weighted by atomic mass is 10.1. The summed E-state index contributed by atoms with van der Waals surface area (Å²) in [5.41, 5.74) is 2.07. The average molecular weight is 398 g/mol. The number of ether oxygens (including phenoxy) is 1. The third kappa shape index (κ3) is 7.86. The Bertz CT molecular complexity index is 790. The predicted octanol–water partition coefficient (Wildman–Crippen LogP) is 4.44. The number of hydrogen-bond donors (Lipinski definition) is 3. The van der Waals surface area contributed by atoms with Crippen molar-refractivity contribution in [2.75, 3.05) is 23.8 Å². The van der Waals surface area contributed by atoms with Gasteiger partial charge in [0.05, 0.1) is 13.2 Å². The second kappa shape index (κ2) is 11.7. The molecule has 2 aromatic rings. The SMILES string of the molecule is CCCCOc1cccc(NC(=O)CNc2ccc(C(=O)NC(C)CC)cc2)c1. The summed E-state index contributed by atoms with van der Waals surface area (Å²) in [6, 6.07) is 14.6. The number of amides is 2. The molecule has 0 heterocycles. The highest BCUT2D eigenvalue weighted by Crippen LogP contribution is 2.18. The molecule has 0 aliphatic heterocycles. The van der Waals surface area contributed by atoms with Crippen LogP contribution in [0.4, 0.5) is 11.4 Å². The molecule has 0 bridgehead atoms. The molecule has 0 aliphatic rings. The second-order valence-corrected chi connectivity index (χ2v) is 6.99. The van der Waals surface area contributed by atoms with Gasteiger partial charge < -0.3 is 20.7 Å². The smallest absolute Gasteiger partial charge is 0.251 e. The molecule has 2 amide bonds. The number of hydrogen-bond acceptors (Lipinski definition) is 4. The Morgan fingerprint density at radius 1 is 1.03 bits per heavy atom. The zero-order valence-electron chi connectivity index (χ0n) is 17.5. The largest absolute Gasteiger partial charge is 0.494 e. The van der Waals surface area contributed by atoms with E-state index in [2.05, 4.69) is 22.9 Å². The van der Waals surface area contributed by atoms with E-state index < -0.39 is 0 Å². The topological polar surface area (TPSA) is 79.5 Å². The van der Waals surface area contributed by atoms with Crippen LogP contribution in [0.3, 0.4) is 0 Å².